The molecule has 7 atom stereocenters. The zero-order valence-electron chi connectivity index (χ0n) is 17.7. The Labute approximate surface area is 180 Å². The zero-order valence-corrected chi connectivity index (χ0v) is 18.6. The van der Waals surface area contributed by atoms with Gasteiger partial charge in [0.2, 0.25) is 11.6 Å². The van der Waals surface area contributed by atoms with Gasteiger partial charge in [-0.2, -0.15) is 0 Å². The van der Waals surface area contributed by atoms with Gasteiger partial charge in [-0.05, 0) is 74.2 Å². The second-order valence-corrected chi connectivity index (χ2v) is 10.7. The Morgan fingerprint density at radius 2 is 1.86 bits per heavy atom. The molecule has 4 aliphatic carbocycles. The highest BCUT2D eigenvalue weighted by Gasteiger charge is 2.63. The molecule has 0 aromatic rings. The van der Waals surface area contributed by atoms with Gasteiger partial charge >= 0.3 is 0 Å². The van der Waals surface area contributed by atoms with E-state index in [-0.39, 0.29) is 52.7 Å². The Balaban J connectivity index is 0.00000205. The fourth-order valence-corrected chi connectivity index (χ4v) is 7.51. The molecule has 1 unspecified atom stereocenters. The summed E-state index contributed by atoms with van der Waals surface area (Å²) in [7, 11) is 0. The van der Waals surface area contributed by atoms with E-state index in [1.807, 2.05) is 0 Å². The van der Waals surface area contributed by atoms with Crippen molar-refractivity contribution in [2.75, 3.05) is 13.1 Å². The summed E-state index contributed by atoms with van der Waals surface area (Å²) in [5.41, 5.74) is 1.22. The summed E-state index contributed by atoms with van der Waals surface area (Å²) in [6.45, 7) is 6.50. The maximum atomic E-state index is 13.3. The average Bonchev–Trinajstić information content (AvgIpc) is 3.33. The molecule has 4 saturated carbocycles. The van der Waals surface area contributed by atoms with E-state index in [0.29, 0.717) is 18.3 Å². The molecule has 0 aromatic heterocycles. The summed E-state index contributed by atoms with van der Waals surface area (Å²) >= 11 is 0. The van der Waals surface area contributed by atoms with Crippen molar-refractivity contribution in [3.8, 4) is 0 Å². The molecule has 0 spiro atoms. The van der Waals surface area contributed by atoms with E-state index >= 15 is 0 Å². The topological polar surface area (TPSA) is 67.8 Å². The Hall–Kier alpha value is -0.940. The van der Waals surface area contributed by atoms with Gasteiger partial charge in [0.05, 0.1) is 5.71 Å². The molecule has 5 nitrogen and oxygen atoms in total. The molecule has 5 aliphatic rings. The quantitative estimate of drug-likeness (QED) is 0.540. The average molecular weight is 423 g/mol. The molecule has 5 rings (SSSR count). The molecule has 5 fully saturated rings. The molecule has 29 heavy (non-hydrogen) atoms. The zero-order chi connectivity index (χ0) is 19.5. The fraction of sp³-hybridized carbons (Fsp3) is 0.870. The van der Waals surface area contributed by atoms with Crippen molar-refractivity contribution in [3.05, 3.63) is 0 Å². The lowest BCUT2D eigenvalue weighted by Crippen LogP contribution is -2.60. The van der Waals surface area contributed by atoms with Crippen LogP contribution in [-0.2, 0) is 14.4 Å². The van der Waals surface area contributed by atoms with Crippen LogP contribution in [0.2, 0.25) is 0 Å². The van der Waals surface area contributed by atoms with Crippen LogP contribution in [0.1, 0.15) is 71.6 Å². The Bertz CT molecular complexity index is 719. The minimum atomic E-state index is -0.190. The number of rotatable bonds is 2. The van der Waals surface area contributed by atoms with Crippen molar-refractivity contribution in [1.82, 2.24) is 5.32 Å². The molecular weight excluding hydrogens is 388 g/mol. The number of carbonyl (C=O) groups excluding carboxylic acids is 2. The van der Waals surface area contributed by atoms with E-state index in [2.05, 4.69) is 24.3 Å². The largest absolute Gasteiger partial charge is 0.391 e. The second-order valence-electron chi connectivity index (χ2n) is 10.7. The number of nitrogens with one attached hydrogen (secondary N) is 1. The van der Waals surface area contributed by atoms with Gasteiger partial charge in [-0.1, -0.05) is 25.4 Å². The minimum Gasteiger partial charge on any atom is -0.391 e. The summed E-state index contributed by atoms with van der Waals surface area (Å²) in [5, 5.41) is 7.71. The first-order valence-electron chi connectivity index (χ1n) is 11.4. The summed E-state index contributed by atoms with van der Waals surface area (Å²) in [6, 6.07) is 0. The molecule has 6 heteroatoms. The van der Waals surface area contributed by atoms with Gasteiger partial charge in [-0.25, -0.2) is 0 Å². The van der Waals surface area contributed by atoms with Crippen molar-refractivity contribution in [1.29, 1.82) is 0 Å². The Morgan fingerprint density at radius 3 is 2.62 bits per heavy atom. The SMILES string of the molecule is C[C@@]12CCC[C@H]1[C@@H]1C(=O)C(=O)C3CC(=NO[C@H]4CCNC4)CC[C@]3(C)[C@H]1CC2.Cl. The molecule has 1 N–H and O–H groups in total. The number of hydrogen-bond donors (Lipinski definition) is 1. The molecule has 0 bridgehead atoms. The normalized spacial score (nSPS) is 47.9. The third-order valence-electron chi connectivity index (χ3n) is 9.29. The van der Waals surface area contributed by atoms with E-state index in [9.17, 15) is 9.59 Å². The van der Waals surface area contributed by atoms with Crippen LogP contribution < -0.4 is 5.32 Å². The Morgan fingerprint density at radius 1 is 1.03 bits per heavy atom. The number of halogens is 1. The van der Waals surface area contributed by atoms with E-state index in [0.717, 1.165) is 50.9 Å². The van der Waals surface area contributed by atoms with Gasteiger partial charge < -0.3 is 10.2 Å². The van der Waals surface area contributed by atoms with Crippen LogP contribution in [0.5, 0.6) is 0 Å². The number of ketones is 2. The Kier molecular flexibility index (Phi) is 5.61. The monoisotopic (exact) mass is 422 g/mol. The first-order valence-corrected chi connectivity index (χ1v) is 11.4. The minimum absolute atomic E-state index is 0. The summed E-state index contributed by atoms with van der Waals surface area (Å²) < 4.78 is 0. The van der Waals surface area contributed by atoms with Crippen LogP contribution in [0.4, 0.5) is 0 Å². The van der Waals surface area contributed by atoms with Crippen LogP contribution in [-0.4, -0.2) is 36.5 Å². The molecular formula is C23H35ClN2O3. The van der Waals surface area contributed by atoms with Crippen molar-refractivity contribution < 1.29 is 14.4 Å². The summed E-state index contributed by atoms with van der Waals surface area (Å²) in [4.78, 5) is 32.3. The number of fused-ring (bicyclic) bond motifs is 5. The lowest BCUT2D eigenvalue weighted by molar-refractivity contribution is -0.164. The molecule has 162 valence electrons. The lowest BCUT2D eigenvalue weighted by Gasteiger charge is -2.58. The van der Waals surface area contributed by atoms with Crippen molar-refractivity contribution >= 4 is 29.7 Å². The van der Waals surface area contributed by atoms with Gasteiger partial charge in [-0.15, -0.1) is 12.4 Å². The van der Waals surface area contributed by atoms with Gasteiger partial charge in [-0.3, -0.25) is 9.59 Å². The fourth-order valence-electron chi connectivity index (χ4n) is 7.51. The highest BCUT2D eigenvalue weighted by Crippen LogP contribution is 2.64. The smallest absolute Gasteiger partial charge is 0.202 e. The maximum Gasteiger partial charge on any atom is 0.202 e. The number of carbonyl (C=O) groups is 2. The van der Waals surface area contributed by atoms with E-state index in [4.69, 9.17) is 4.84 Å². The molecule has 1 aliphatic heterocycles. The number of hydrogen-bond acceptors (Lipinski definition) is 5. The number of oxime groups is 1. The van der Waals surface area contributed by atoms with Gasteiger partial charge in [0.1, 0.15) is 6.10 Å². The van der Waals surface area contributed by atoms with Crippen molar-refractivity contribution in [3.63, 3.8) is 0 Å². The molecule has 0 aromatic carbocycles. The lowest BCUT2D eigenvalue weighted by atomic mass is 9.44. The number of nitrogens with zero attached hydrogens (tertiary/aromatic N) is 1. The summed E-state index contributed by atoms with van der Waals surface area (Å²) in [5.74, 6) is 0.440. The van der Waals surface area contributed by atoms with E-state index in [1.165, 1.54) is 19.3 Å². The summed E-state index contributed by atoms with van der Waals surface area (Å²) in [6.07, 6.45) is 9.53. The van der Waals surface area contributed by atoms with Crippen molar-refractivity contribution in [2.24, 2.45) is 39.7 Å². The maximum absolute atomic E-state index is 13.3. The molecule has 0 radical (unpaired) electrons. The highest BCUT2D eigenvalue weighted by molar-refractivity contribution is 6.40. The second kappa shape index (κ2) is 7.64. The van der Waals surface area contributed by atoms with E-state index < -0.39 is 0 Å². The van der Waals surface area contributed by atoms with Crippen molar-refractivity contribution in [2.45, 2.75) is 77.7 Å². The van der Waals surface area contributed by atoms with Crippen LogP contribution in [0.15, 0.2) is 5.16 Å². The van der Waals surface area contributed by atoms with Gasteiger partial charge in [0, 0.05) is 24.8 Å². The van der Waals surface area contributed by atoms with Crippen LogP contribution in [0.3, 0.4) is 0 Å². The third-order valence-corrected chi connectivity index (χ3v) is 9.29. The predicted molar refractivity (Wildman–Crippen MR) is 114 cm³/mol. The third kappa shape index (κ3) is 3.27. The van der Waals surface area contributed by atoms with Crippen LogP contribution in [0.25, 0.3) is 0 Å². The van der Waals surface area contributed by atoms with Crippen LogP contribution in [0, 0.1) is 34.5 Å². The first-order chi connectivity index (χ1) is 13.4. The molecule has 0 amide bonds. The standard InChI is InChI=1S/C23H34N2O3.ClH/c1-22-8-3-4-16(22)19-17(6-9-22)23(2)10-5-14(12-18(23)20(26)21(19)27)25-28-15-7-11-24-13-15;/h15-19,24H,3-13H2,1-2H3;1H/t15-,16-,17-,18?,19-,22-,23+;/m0./s1. The predicted octanol–water partition coefficient (Wildman–Crippen LogP) is 3.93. The highest BCUT2D eigenvalue weighted by atomic mass is 35.5. The first kappa shape index (κ1) is 21.3. The molecule has 1 heterocycles. The van der Waals surface area contributed by atoms with Crippen LogP contribution >= 0.6 is 12.4 Å². The molecule has 1 saturated heterocycles. The van der Waals surface area contributed by atoms with Gasteiger partial charge in [0.25, 0.3) is 0 Å². The van der Waals surface area contributed by atoms with E-state index in [1.54, 1.807) is 0 Å². The number of Topliss-reactive ketones (excluding diaryl/α,β-unsaturated/α-hetero) is 2. The van der Waals surface area contributed by atoms with Gasteiger partial charge in [0.15, 0.2) is 0 Å².